The SMILES string of the molecule is CN(CCO[Si](C)(C)C(C)(C)C)C(=O)C(O)c1ccc(F)cc1. The molecule has 1 amide bonds. The number of carbonyl (C=O) groups excluding carboxylic acids is 1. The number of aliphatic hydroxyl groups is 1. The van der Waals surface area contributed by atoms with Crippen molar-refractivity contribution in [3.8, 4) is 0 Å². The summed E-state index contributed by atoms with van der Waals surface area (Å²) in [6, 6.07) is 5.29. The van der Waals surface area contributed by atoms with E-state index < -0.39 is 26.1 Å². The minimum absolute atomic E-state index is 0.114. The van der Waals surface area contributed by atoms with E-state index in [1.807, 2.05) is 0 Å². The van der Waals surface area contributed by atoms with E-state index in [4.69, 9.17) is 4.43 Å². The summed E-state index contributed by atoms with van der Waals surface area (Å²) in [5.41, 5.74) is 0.383. The molecule has 1 aromatic rings. The number of halogens is 1. The largest absolute Gasteiger partial charge is 0.415 e. The van der Waals surface area contributed by atoms with Crippen molar-refractivity contribution in [1.82, 2.24) is 4.90 Å². The normalized spacial score (nSPS) is 13.7. The van der Waals surface area contributed by atoms with Gasteiger partial charge in [0.05, 0.1) is 6.61 Å². The molecule has 0 spiro atoms. The van der Waals surface area contributed by atoms with E-state index in [2.05, 4.69) is 33.9 Å². The second-order valence-corrected chi connectivity index (χ2v) is 12.1. The van der Waals surface area contributed by atoms with Gasteiger partial charge in [0.25, 0.3) is 5.91 Å². The maximum absolute atomic E-state index is 12.9. The van der Waals surface area contributed by atoms with Crippen LogP contribution in [0.1, 0.15) is 32.4 Å². The van der Waals surface area contributed by atoms with Gasteiger partial charge in [0, 0.05) is 13.6 Å². The lowest BCUT2D eigenvalue weighted by Gasteiger charge is -2.36. The second-order valence-electron chi connectivity index (χ2n) is 7.32. The lowest BCUT2D eigenvalue weighted by Crippen LogP contribution is -2.43. The molecular formula is C17H28FNO3Si. The van der Waals surface area contributed by atoms with Crippen molar-refractivity contribution in [2.24, 2.45) is 0 Å². The van der Waals surface area contributed by atoms with E-state index >= 15 is 0 Å². The molecule has 1 aromatic carbocycles. The van der Waals surface area contributed by atoms with Crippen LogP contribution in [0.25, 0.3) is 0 Å². The highest BCUT2D eigenvalue weighted by atomic mass is 28.4. The maximum Gasteiger partial charge on any atom is 0.255 e. The number of hydrogen-bond acceptors (Lipinski definition) is 3. The Kier molecular flexibility index (Phi) is 6.50. The lowest BCUT2D eigenvalue weighted by molar-refractivity contribution is -0.139. The van der Waals surface area contributed by atoms with Crippen LogP contribution in [-0.2, 0) is 9.22 Å². The number of rotatable bonds is 6. The molecule has 6 heteroatoms. The van der Waals surface area contributed by atoms with E-state index in [9.17, 15) is 14.3 Å². The molecule has 23 heavy (non-hydrogen) atoms. The fraction of sp³-hybridized carbons (Fsp3) is 0.588. The summed E-state index contributed by atoms with van der Waals surface area (Å²) in [5, 5.41) is 10.2. The van der Waals surface area contributed by atoms with Crippen LogP contribution in [0.4, 0.5) is 4.39 Å². The van der Waals surface area contributed by atoms with Gasteiger partial charge in [0.1, 0.15) is 5.82 Å². The van der Waals surface area contributed by atoms with Crippen molar-refractivity contribution in [1.29, 1.82) is 0 Å². The topological polar surface area (TPSA) is 49.8 Å². The van der Waals surface area contributed by atoms with Crippen LogP contribution in [0, 0.1) is 5.82 Å². The van der Waals surface area contributed by atoms with Gasteiger partial charge in [-0.15, -0.1) is 0 Å². The van der Waals surface area contributed by atoms with Gasteiger partial charge in [-0.25, -0.2) is 4.39 Å². The first-order valence-corrected chi connectivity index (χ1v) is 10.7. The van der Waals surface area contributed by atoms with E-state index in [0.29, 0.717) is 18.7 Å². The third-order valence-corrected chi connectivity index (χ3v) is 9.03. The number of aliphatic hydroxyl groups excluding tert-OH is 1. The zero-order valence-corrected chi connectivity index (χ0v) is 15.9. The second kappa shape index (κ2) is 7.55. The summed E-state index contributed by atoms with van der Waals surface area (Å²) < 4.78 is 18.9. The number of amides is 1. The highest BCUT2D eigenvalue weighted by molar-refractivity contribution is 6.74. The quantitative estimate of drug-likeness (QED) is 0.807. The van der Waals surface area contributed by atoms with Crippen LogP contribution in [-0.4, -0.2) is 44.4 Å². The molecule has 0 aromatic heterocycles. The Morgan fingerprint density at radius 1 is 1.30 bits per heavy atom. The first kappa shape index (κ1) is 19.8. The maximum atomic E-state index is 12.9. The summed E-state index contributed by atoms with van der Waals surface area (Å²) in [6.45, 7) is 11.6. The van der Waals surface area contributed by atoms with Gasteiger partial charge in [-0.2, -0.15) is 0 Å². The van der Waals surface area contributed by atoms with Gasteiger partial charge < -0.3 is 14.4 Å². The molecule has 1 atom stereocenters. The predicted molar refractivity (Wildman–Crippen MR) is 92.1 cm³/mol. The molecule has 0 aliphatic carbocycles. The Morgan fingerprint density at radius 2 is 1.83 bits per heavy atom. The number of carbonyl (C=O) groups is 1. The number of hydrogen-bond donors (Lipinski definition) is 1. The number of likely N-dealkylation sites (N-methyl/N-ethyl adjacent to an activating group) is 1. The molecule has 0 fully saturated rings. The highest BCUT2D eigenvalue weighted by Gasteiger charge is 2.37. The summed E-state index contributed by atoms with van der Waals surface area (Å²) in [4.78, 5) is 13.7. The number of nitrogens with zero attached hydrogens (tertiary/aromatic N) is 1. The lowest BCUT2D eigenvalue weighted by atomic mass is 10.1. The van der Waals surface area contributed by atoms with Crippen molar-refractivity contribution in [3.63, 3.8) is 0 Å². The van der Waals surface area contributed by atoms with Crippen LogP contribution in [0.2, 0.25) is 18.1 Å². The van der Waals surface area contributed by atoms with Crippen LogP contribution >= 0.6 is 0 Å². The summed E-state index contributed by atoms with van der Waals surface area (Å²) >= 11 is 0. The van der Waals surface area contributed by atoms with Gasteiger partial charge in [-0.05, 0) is 35.8 Å². The fourth-order valence-electron chi connectivity index (χ4n) is 1.76. The van der Waals surface area contributed by atoms with Crippen molar-refractivity contribution in [2.75, 3.05) is 20.2 Å². The van der Waals surface area contributed by atoms with Crippen LogP contribution in [0.5, 0.6) is 0 Å². The summed E-state index contributed by atoms with van der Waals surface area (Å²) in [7, 11) is -0.217. The zero-order valence-electron chi connectivity index (χ0n) is 14.9. The Bertz CT molecular complexity index is 526. The molecule has 0 aliphatic rings. The van der Waals surface area contributed by atoms with E-state index in [-0.39, 0.29) is 5.04 Å². The molecular weight excluding hydrogens is 313 g/mol. The average Bonchev–Trinajstić information content (AvgIpc) is 2.45. The minimum atomic E-state index is -1.85. The smallest absolute Gasteiger partial charge is 0.255 e. The molecule has 1 unspecified atom stereocenters. The van der Waals surface area contributed by atoms with E-state index in [1.165, 1.54) is 29.2 Å². The molecule has 0 saturated heterocycles. The van der Waals surface area contributed by atoms with Gasteiger partial charge >= 0.3 is 0 Å². The van der Waals surface area contributed by atoms with Crippen LogP contribution < -0.4 is 0 Å². The summed E-state index contributed by atoms with van der Waals surface area (Å²) in [6.07, 6.45) is -1.28. The van der Waals surface area contributed by atoms with Gasteiger partial charge in [-0.3, -0.25) is 4.79 Å². The van der Waals surface area contributed by atoms with Crippen molar-refractivity contribution in [2.45, 2.75) is 45.0 Å². The molecule has 0 bridgehead atoms. The predicted octanol–water partition coefficient (Wildman–Crippen LogP) is 3.34. The zero-order chi connectivity index (χ0) is 17.8. The average molecular weight is 341 g/mol. The first-order valence-electron chi connectivity index (χ1n) is 7.78. The van der Waals surface area contributed by atoms with Crippen LogP contribution in [0.15, 0.2) is 24.3 Å². The van der Waals surface area contributed by atoms with Gasteiger partial charge in [0.15, 0.2) is 14.4 Å². The molecule has 4 nitrogen and oxygen atoms in total. The Hall–Kier alpha value is -1.24. The standard InChI is InChI=1S/C17H28FNO3Si/c1-17(2,3)23(5,6)22-12-11-19(4)16(21)15(20)13-7-9-14(18)10-8-13/h7-10,15,20H,11-12H2,1-6H3. The number of benzene rings is 1. The summed E-state index contributed by atoms with van der Waals surface area (Å²) in [5.74, 6) is -0.819. The molecule has 0 saturated carbocycles. The molecule has 130 valence electrons. The van der Waals surface area contributed by atoms with Crippen molar-refractivity contribution in [3.05, 3.63) is 35.6 Å². The Balaban J connectivity index is 2.56. The monoisotopic (exact) mass is 341 g/mol. The fourth-order valence-corrected chi connectivity index (χ4v) is 2.80. The minimum Gasteiger partial charge on any atom is -0.415 e. The van der Waals surface area contributed by atoms with Crippen LogP contribution in [0.3, 0.4) is 0 Å². The molecule has 0 radical (unpaired) electrons. The first-order chi connectivity index (χ1) is 10.5. The Morgan fingerprint density at radius 3 is 2.30 bits per heavy atom. The Labute approximate surface area is 139 Å². The van der Waals surface area contributed by atoms with E-state index in [1.54, 1.807) is 7.05 Å². The molecule has 1 rings (SSSR count). The molecule has 0 heterocycles. The van der Waals surface area contributed by atoms with Crippen molar-refractivity contribution < 1.29 is 18.7 Å². The van der Waals surface area contributed by atoms with Gasteiger partial charge in [0.2, 0.25) is 0 Å². The molecule has 1 N–H and O–H groups in total. The third-order valence-electron chi connectivity index (χ3n) is 4.49. The highest BCUT2D eigenvalue weighted by Crippen LogP contribution is 2.36. The van der Waals surface area contributed by atoms with E-state index in [0.717, 1.165) is 0 Å². The van der Waals surface area contributed by atoms with Crippen molar-refractivity contribution >= 4 is 14.2 Å². The van der Waals surface area contributed by atoms with Gasteiger partial charge in [-0.1, -0.05) is 32.9 Å². The molecule has 0 aliphatic heterocycles. The third kappa shape index (κ3) is 5.41.